The highest BCUT2D eigenvalue weighted by molar-refractivity contribution is 5.86. The molecule has 0 amide bonds. The van der Waals surface area contributed by atoms with E-state index in [-0.39, 0.29) is 0 Å². The molecule has 0 aliphatic rings. The van der Waals surface area contributed by atoms with Gasteiger partial charge in [-0.1, -0.05) is 31.9 Å². The van der Waals surface area contributed by atoms with Crippen LogP contribution in [0.2, 0.25) is 0 Å². The summed E-state index contributed by atoms with van der Waals surface area (Å²) in [5.74, 6) is 4.84. The number of methoxy groups -OCH3 is 1. The van der Waals surface area contributed by atoms with Crippen molar-refractivity contribution in [2.24, 2.45) is 0 Å². The third kappa shape index (κ3) is 3.84. The minimum Gasteiger partial charge on any atom is -0.496 e. The molecule has 1 rings (SSSR count). The van der Waals surface area contributed by atoms with E-state index in [1.165, 1.54) is 0 Å². The maximum Gasteiger partial charge on any atom is 0.381 e. The lowest BCUT2D eigenvalue weighted by molar-refractivity contribution is -0.130. The molecule has 1 aromatic rings. The molecule has 17 heavy (non-hydrogen) atoms. The fraction of sp³-hybridized carbons (Fsp3) is 0.357. The average molecular weight is 232 g/mol. The van der Waals surface area contributed by atoms with Gasteiger partial charge in [-0.3, -0.25) is 0 Å². The first-order chi connectivity index (χ1) is 8.04. The molecule has 0 atom stereocenters. The highest BCUT2D eigenvalue weighted by Crippen LogP contribution is 2.27. The third-order valence-electron chi connectivity index (χ3n) is 2.40. The monoisotopic (exact) mass is 232 g/mol. The van der Waals surface area contributed by atoms with Gasteiger partial charge in [0.2, 0.25) is 0 Å². The number of carbonyl (C=O) groups is 1. The molecule has 0 unspecified atom stereocenters. The molecule has 0 fully saturated rings. The van der Waals surface area contributed by atoms with Crippen molar-refractivity contribution >= 4 is 5.97 Å². The van der Waals surface area contributed by atoms with Gasteiger partial charge < -0.3 is 9.84 Å². The van der Waals surface area contributed by atoms with Crippen LogP contribution < -0.4 is 4.74 Å². The first-order valence-electron chi connectivity index (χ1n) is 5.43. The van der Waals surface area contributed by atoms with Crippen molar-refractivity contribution in [3.63, 3.8) is 0 Å². The van der Waals surface area contributed by atoms with Crippen LogP contribution >= 0.6 is 0 Å². The van der Waals surface area contributed by atoms with Gasteiger partial charge in [0, 0.05) is 12.3 Å². The zero-order chi connectivity index (χ0) is 12.8. The molecule has 1 aromatic carbocycles. The van der Waals surface area contributed by atoms with E-state index in [0.717, 1.165) is 16.9 Å². The molecule has 3 nitrogen and oxygen atoms in total. The van der Waals surface area contributed by atoms with Crippen LogP contribution in [0.25, 0.3) is 0 Å². The molecular formula is C14H16O3. The minimum atomic E-state index is -1.09. The lowest BCUT2D eigenvalue weighted by Gasteiger charge is -2.12. The Morgan fingerprint density at radius 2 is 2.18 bits per heavy atom. The Kier molecular flexibility index (Phi) is 4.59. The van der Waals surface area contributed by atoms with Crippen molar-refractivity contribution in [2.45, 2.75) is 26.2 Å². The number of carboxylic acids is 1. The molecular weight excluding hydrogens is 216 g/mol. The molecule has 0 saturated heterocycles. The van der Waals surface area contributed by atoms with Gasteiger partial charge in [-0.05, 0) is 23.1 Å². The van der Waals surface area contributed by atoms with Gasteiger partial charge in [-0.2, -0.15) is 0 Å². The summed E-state index contributed by atoms with van der Waals surface area (Å²) in [4.78, 5) is 10.3. The van der Waals surface area contributed by atoms with Crippen LogP contribution in [0.1, 0.15) is 30.9 Å². The summed E-state index contributed by atoms with van der Waals surface area (Å²) in [5, 5.41) is 8.42. The predicted octanol–water partition coefficient (Wildman–Crippen LogP) is 2.45. The number of rotatable bonds is 3. The van der Waals surface area contributed by atoms with Gasteiger partial charge in [-0.15, -0.1) is 0 Å². The lowest BCUT2D eigenvalue weighted by atomic mass is 9.98. The van der Waals surface area contributed by atoms with E-state index in [0.29, 0.717) is 12.3 Å². The summed E-state index contributed by atoms with van der Waals surface area (Å²) in [7, 11) is 1.64. The topological polar surface area (TPSA) is 46.5 Å². The van der Waals surface area contributed by atoms with Crippen LogP contribution in [-0.4, -0.2) is 18.2 Å². The van der Waals surface area contributed by atoms with Crippen LogP contribution in [-0.2, 0) is 11.2 Å². The largest absolute Gasteiger partial charge is 0.496 e. The molecule has 0 bridgehead atoms. The molecule has 90 valence electrons. The van der Waals surface area contributed by atoms with Gasteiger partial charge in [0.1, 0.15) is 5.75 Å². The van der Waals surface area contributed by atoms with Crippen LogP contribution in [0, 0.1) is 11.8 Å². The molecule has 0 heterocycles. The van der Waals surface area contributed by atoms with Crippen molar-refractivity contribution in [3.05, 3.63) is 29.3 Å². The normalized spacial score (nSPS) is 9.65. The van der Waals surface area contributed by atoms with E-state index in [4.69, 9.17) is 9.84 Å². The van der Waals surface area contributed by atoms with Crippen molar-refractivity contribution in [3.8, 4) is 17.6 Å². The van der Waals surface area contributed by atoms with Gasteiger partial charge in [0.15, 0.2) is 0 Å². The molecule has 0 aliphatic carbocycles. The fourth-order valence-corrected chi connectivity index (χ4v) is 1.57. The van der Waals surface area contributed by atoms with Crippen LogP contribution in [0.15, 0.2) is 18.2 Å². The standard InChI is InChI=1S/C14H16O3/c1-10(2)12-9-11(5-4-6-14(15)16)7-8-13(12)17-3/h7-10H,5H2,1-3H3,(H,15,16). The number of hydrogen-bond donors (Lipinski definition) is 1. The van der Waals surface area contributed by atoms with Gasteiger partial charge >= 0.3 is 5.97 Å². The van der Waals surface area contributed by atoms with E-state index < -0.39 is 5.97 Å². The quantitative estimate of drug-likeness (QED) is 0.814. The van der Waals surface area contributed by atoms with Crippen LogP contribution in [0.4, 0.5) is 0 Å². The SMILES string of the molecule is COc1ccc(CC#CC(=O)O)cc1C(C)C. The summed E-state index contributed by atoms with van der Waals surface area (Å²) >= 11 is 0. The van der Waals surface area contributed by atoms with E-state index >= 15 is 0 Å². The van der Waals surface area contributed by atoms with E-state index in [2.05, 4.69) is 25.7 Å². The zero-order valence-electron chi connectivity index (χ0n) is 10.3. The van der Waals surface area contributed by atoms with Gasteiger partial charge in [-0.25, -0.2) is 4.79 Å². The number of carboxylic acid groups (broad SMARTS) is 1. The number of benzene rings is 1. The highest BCUT2D eigenvalue weighted by Gasteiger charge is 2.07. The molecule has 0 spiro atoms. The number of ether oxygens (including phenoxy) is 1. The fourth-order valence-electron chi connectivity index (χ4n) is 1.57. The van der Waals surface area contributed by atoms with Crippen molar-refractivity contribution in [2.75, 3.05) is 7.11 Å². The summed E-state index contributed by atoms with van der Waals surface area (Å²) in [6.07, 6.45) is 0.440. The first kappa shape index (κ1) is 13.1. The summed E-state index contributed by atoms with van der Waals surface area (Å²) in [5.41, 5.74) is 2.12. The second kappa shape index (κ2) is 5.95. The molecule has 0 radical (unpaired) electrons. The summed E-state index contributed by atoms with van der Waals surface area (Å²) in [6.45, 7) is 4.18. The Balaban J connectivity index is 2.93. The smallest absolute Gasteiger partial charge is 0.381 e. The van der Waals surface area contributed by atoms with Crippen LogP contribution in [0.5, 0.6) is 5.75 Å². The van der Waals surface area contributed by atoms with E-state index in [1.54, 1.807) is 7.11 Å². The predicted molar refractivity (Wildman–Crippen MR) is 66.2 cm³/mol. The van der Waals surface area contributed by atoms with Crippen molar-refractivity contribution < 1.29 is 14.6 Å². The van der Waals surface area contributed by atoms with E-state index in [9.17, 15) is 4.79 Å². The molecule has 1 N–H and O–H groups in total. The van der Waals surface area contributed by atoms with Gasteiger partial charge in [0.25, 0.3) is 0 Å². The van der Waals surface area contributed by atoms with Crippen molar-refractivity contribution in [1.29, 1.82) is 0 Å². The average Bonchev–Trinajstić information content (AvgIpc) is 2.28. The maximum atomic E-state index is 10.3. The molecule has 0 aliphatic heterocycles. The Labute approximate surface area is 101 Å². The Bertz CT molecular complexity index is 464. The maximum absolute atomic E-state index is 10.3. The zero-order valence-corrected chi connectivity index (χ0v) is 10.3. The van der Waals surface area contributed by atoms with Crippen molar-refractivity contribution in [1.82, 2.24) is 0 Å². The second-order valence-electron chi connectivity index (χ2n) is 4.01. The summed E-state index contributed by atoms with van der Waals surface area (Å²) < 4.78 is 5.27. The molecule has 0 aromatic heterocycles. The Morgan fingerprint density at radius 3 is 2.71 bits per heavy atom. The lowest BCUT2D eigenvalue weighted by Crippen LogP contribution is -1.96. The Hall–Kier alpha value is -1.95. The third-order valence-corrected chi connectivity index (χ3v) is 2.40. The van der Waals surface area contributed by atoms with E-state index in [1.807, 2.05) is 18.2 Å². The number of hydrogen-bond acceptors (Lipinski definition) is 2. The summed E-state index contributed by atoms with van der Waals surface area (Å²) in [6, 6.07) is 5.81. The second-order valence-corrected chi connectivity index (χ2v) is 4.01. The van der Waals surface area contributed by atoms with Crippen LogP contribution in [0.3, 0.4) is 0 Å². The van der Waals surface area contributed by atoms with Gasteiger partial charge in [0.05, 0.1) is 7.11 Å². The molecule has 0 saturated carbocycles. The molecule has 3 heteroatoms. The highest BCUT2D eigenvalue weighted by atomic mass is 16.5. The number of aliphatic carboxylic acids is 1. The Morgan fingerprint density at radius 1 is 1.47 bits per heavy atom. The first-order valence-corrected chi connectivity index (χ1v) is 5.43. The minimum absolute atomic E-state index is 0.359.